The first-order valence-corrected chi connectivity index (χ1v) is 3.64. The van der Waals surface area contributed by atoms with Gasteiger partial charge >= 0.3 is 0 Å². The molecule has 0 spiro atoms. The van der Waals surface area contributed by atoms with E-state index in [0.717, 1.165) is 11.4 Å². The molecule has 0 atom stereocenters. The predicted molar refractivity (Wildman–Crippen MR) is 47.9 cm³/mol. The summed E-state index contributed by atoms with van der Waals surface area (Å²) in [7, 11) is 1.79. The quantitative estimate of drug-likeness (QED) is 0.587. The van der Waals surface area contributed by atoms with Crippen molar-refractivity contribution in [3.05, 3.63) is 16.8 Å². The van der Waals surface area contributed by atoms with Crippen molar-refractivity contribution in [3.8, 4) is 0 Å². The molecule has 3 nitrogen and oxygen atoms in total. The number of hydrogen-bond acceptors (Lipinski definition) is 2. The summed E-state index contributed by atoms with van der Waals surface area (Å²) in [5, 5.41) is 10.9. The molecule has 0 aliphatic rings. The Bertz CT molecular complexity index is 277. The van der Waals surface area contributed by atoms with Crippen molar-refractivity contribution >= 4 is 23.1 Å². The molecule has 0 saturated heterocycles. The molecule has 4 heteroatoms. The Kier molecular flexibility index (Phi) is 2.19. The smallest absolute Gasteiger partial charge is 0.113 e. The number of H-pyrrole nitrogens is 1. The number of nitrogens with one attached hydrogen (secondary N) is 3. The maximum absolute atomic E-state index is 7.39. The number of halogens is 1. The summed E-state index contributed by atoms with van der Waals surface area (Å²) in [6.07, 6.45) is 1.67. The fourth-order valence-electron chi connectivity index (χ4n) is 0.963. The van der Waals surface area contributed by atoms with Crippen molar-refractivity contribution < 1.29 is 0 Å². The van der Waals surface area contributed by atoms with Gasteiger partial charge in [0.25, 0.3) is 0 Å². The highest BCUT2D eigenvalue weighted by Crippen LogP contribution is 2.23. The summed E-state index contributed by atoms with van der Waals surface area (Å²) in [4.78, 5) is 2.92. The van der Waals surface area contributed by atoms with E-state index in [1.54, 1.807) is 20.2 Å². The second-order valence-corrected chi connectivity index (χ2v) is 2.67. The Morgan fingerprint density at radius 1 is 1.73 bits per heavy atom. The molecule has 1 aromatic rings. The van der Waals surface area contributed by atoms with Crippen LogP contribution >= 0.6 is 11.6 Å². The van der Waals surface area contributed by atoms with E-state index >= 15 is 0 Å². The van der Waals surface area contributed by atoms with Gasteiger partial charge in [-0.3, -0.25) is 0 Å². The summed E-state index contributed by atoms with van der Waals surface area (Å²) >= 11 is 5.81. The first-order valence-electron chi connectivity index (χ1n) is 3.27. The van der Waals surface area contributed by atoms with Gasteiger partial charge in [-0.25, -0.2) is 0 Å². The molecule has 11 heavy (non-hydrogen) atoms. The minimum atomic E-state index is 0.459. The standard InChI is InChI=1S/C7H10ClN3/c1-4(9)6-5(8)3-11-7(6)10-2/h3,9-11H,1-2H3. The number of rotatable bonds is 2. The van der Waals surface area contributed by atoms with Gasteiger partial charge < -0.3 is 15.7 Å². The van der Waals surface area contributed by atoms with Crippen molar-refractivity contribution in [1.29, 1.82) is 5.41 Å². The molecule has 0 radical (unpaired) electrons. The third-order valence-electron chi connectivity index (χ3n) is 1.46. The average molecular weight is 172 g/mol. The van der Waals surface area contributed by atoms with Gasteiger partial charge in [-0.15, -0.1) is 0 Å². The Balaban J connectivity index is 3.17. The fraction of sp³-hybridized carbons (Fsp3) is 0.286. The monoisotopic (exact) mass is 171 g/mol. The summed E-state index contributed by atoms with van der Waals surface area (Å²) in [5.74, 6) is 0.794. The highest BCUT2D eigenvalue weighted by molar-refractivity contribution is 6.34. The molecular formula is C7H10ClN3. The predicted octanol–water partition coefficient (Wildman–Crippen LogP) is 2.10. The van der Waals surface area contributed by atoms with Crippen LogP contribution < -0.4 is 5.32 Å². The summed E-state index contributed by atoms with van der Waals surface area (Å²) < 4.78 is 0. The van der Waals surface area contributed by atoms with E-state index in [0.29, 0.717) is 10.7 Å². The Morgan fingerprint density at radius 2 is 2.36 bits per heavy atom. The maximum Gasteiger partial charge on any atom is 0.113 e. The van der Waals surface area contributed by atoms with Crippen molar-refractivity contribution in [2.75, 3.05) is 12.4 Å². The van der Waals surface area contributed by atoms with Crippen LogP contribution in [0.5, 0.6) is 0 Å². The van der Waals surface area contributed by atoms with Crippen molar-refractivity contribution in [3.63, 3.8) is 0 Å². The van der Waals surface area contributed by atoms with Crippen LogP contribution in [0.2, 0.25) is 5.02 Å². The molecule has 60 valence electrons. The fourth-order valence-corrected chi connectivity index (χ4v) is 1.25. The van der Waals surface area contributed by atoms with E-state index < -0.39 is 0 Å². The molecule has 1 heterocycles. The summed E-state index contributed by atoms with van der Waals surface area (Å²) in [5.41, 5.74) is 1.20. The first-order chi connectivity index (χ1) is 5.16. The lowest BCUT2D eigenvalue weighted by molar-refractivity contribution is 1.34. The Hall–Kier alpha value is -0.960. The van der Waals surface area contributed by atoms with E-state index in [9.17, 15) is 0 Å². The zero-order valence-corrected chi connectivity index (χ0v) is 7.21. The van der Waals surface area contributed by atoms with Crippen LogP contribution in [0, 0.1) is 5.41 Å². The molecular weight excluding hydrogens is 162 g/mol. The molecule has 0 fully saturated rings. The lowest BCUT2D eigenvalue weighted by Gasteiger charge is -2.00. The topological polar surface area (TPSA) is 51.7 Å². The molecule has 0 aliphatic carbocycles. The maximum atomic E-state index is 7.39. The summed E-state index contributed by atoms with van der Waals surface area (Å²) in [6, 6.07) is 0. The van der Waals surface area contributed by atoms with E-state index in [1.807, 2.05) is 0 Å². The molecule has 0 saturated carbocycles. The molecule has 1 aromatic heterocycles. The van der Waals surface area contributed by atoms with Gasteiger partial charge in [0.1, 0.15) is 5.82 Å². The highest BCUT2D eigenvalue weighted by Gasteiger charge is 2.09. The van der Waals surface area contributed by atoms with Crippen molar-refractivity contribution in [2.45, 2.75) is 6.92 Å². The van der Waals surface area contributed by atoms with Crippen LogP contribution in [0.1, 0.15) is 12.5 Å². The van der Waals surface area contributed by atoms with E-state index in [-0.39, 0.29) is 0 Å². The van der Waals surface area contributed by atoms with Crippen molar-refractivity contribution in [1.82, 2.24) is 4.98 Å². The normalized spacial score (nSPS) is 9.73. The van der Waals surface area contributed by atoms with Gasteiger partial charge in [-0.2, -0.15) is 0 Å². The molecule has 0 aromatic carbocycles. The van der Waals surface area contributed by atoms with Gasteiger partial charge in [0, 0.05) is 19.0 Å². The van der Waals surface area contributed by atoms with Gasteiger partial charge in [0.15, 0.2) is 0 Å². The average Bonchev–Trinajstić information content (AvgIpc) is 2.30. The lowest BCUT2D eigenvalue weighted by Crippen LogP contribution is -1.97. The number of aromatic amines is 1. The zero-order valence-electron chi connectivity index (χ0n) is 6.46. The van der Waals surface area contributed by atoms with Crippen LogP contribution in [-0.4, -0.2) is 17.7 Å². The number of hydrogen-bond donors (Lipinski definition) is 3. The highest BCUT2D eigenvalue weighted by atomic mass is 35.5. The third-order valence-corrected chi connectivity index (χ3v) is 1.76. The lowest BCUT2D eigenvalue weighted by atomic mass is 10.2. The number of aromatic nitrogens is 1. The summed E-state index contributed by atoms with van der Waals surface area (Å²) in [6.45, 7) is 1.70. The van der Waals surface area contributed by atoms with Crippen molar-refractivity contribution in [2.24, 2.45) is 0 Å². The second-order valence-electron chi connectivity index (χ2n) is 2.26. The van der Waals surface area contributed by atoms with Gasteiger partial charge in [-0.05, 0) is 6.92 Å². The van der Waals surface area contributed by atoms with E-state index in [2.05, 4.69) is 10.3 Å². The van der Waals surface area contributed by atoms with Crippen LogP contribution in [0.15, 0.2) is 6.20 Å². The zero-order chi connectivity index (χ0) is 8.43. The number of anilines is 1. The SMILES string of the molecule is CNc1[nH]cc(Cl)c1C(C)=N. The van der Waals surface area contributed by atoms with Gasteiger partial charge in [0.05, 0.1) is 10.6 Å². The third kappa shape index (κ3) is 1.38. The van der Waals surface area contributed by atoms with E-state index in [1.165, 1.54) is 0 Å². The molecule has 0 amide bonds. The van der Waals surface area contributed by atoms with Gasteiger partial charge in [-0.1, -0.05) is 11.6 Å². The minimum absolute atomic E-state index is 0.459. The Morgan fingerprint density at radius 3 is 2.73 bits per heavy atom. The van der Waals surface area contributed by atoms with E-state index in [4.69, 9.17) is 17.0 Å². The molecule has 0 aliphatic heterocycles. The van der Waals surface area contributed by atoms with Crippen LogP contribution in [-0.2, 0) is 0 Å². The van der Waals surface area contributed by atoms with Crippen LogP contribution in [0.4, 0.5) is 5.82 Å². The minimum Gasteiger partial charge on any atom is -0.374 e. The molecule has 1 rings (SSSR count). The Labute approximate surface area is 70.3 Å². The van der Waals surface area contributed by atoms with Crippen LogP contribution in [0.25, 0.3) is 0 Å². The first kappa shape index (κ1) is 8.14. The van der Waals surface area contributed by atoms with Crippen LogP contribution in [0.3, 0.4) is 0 Å². The molecule has 0 bridgehead atoms. The second kappa shape index (κ2) is 2.96. The molecule has 3 N–H and O–H groups in total. The van der Waals surface area contributed by atoms with Gasteiger partial charge in [0.2, 0.25) is 0 Å². The largest absolute Gasteiger partial charge is 0.374 e. The molecule has 0 unspecified atom stereocenters.